The van der Waals surface area contributed by atoms with Gasteiger partial charge in [-0.05, 0) is 48.9 Å². The topological polar surface area (TPSA) is 86.8 Å². The van der Waals surface area contributed by atoms with Crippen molar-refractivity contribution in [3.63, 3.8) is 0 Å². The molecular formula is C26H29N5O3. The summed E-state index contributed by atoms with van der Waals surface area (Å²) < 4.78 is 5.27. The van der Waals surface area contributed by atoms with Crippen LogP contribution in [0.15, 0.2) is 72.6 Å². The third-order valence-electron chi connectivity index (χ3n) is 5.91. The number of hydrogen-bond acceptors (Lipinski definition) is 6. The Balaban J connectivity index is 1.53. The number of ether oxygens (including phenoxy) is 1. The van der Waals surface area contributed by atoms with Gasteiger partial charge in [-0.25, -0.2) is 4.98 Å². The number of rotatable bonds is 7. The van der Waals surface area contributed by atoms with E-state index in [1.807, 2.05) is 25.1 Å². The number of fused-ring (bicyclic) bond motifs is 1. The molecule has 2 aliphatic heterocycles. The number of benzene rings is 1. The van der Waals surface area contributed by atoms with E-state index in [2.05, 4.69) is 27.1 Å². The maximum atomic E-state index is 13.1. The molecule has 1 aromatic carbocycles. The maximum Gasteiger partial charge on any atom is 0.274 e. The average Bonchev–Trinajstić information content (AvgIpc) is 3.22. The fourth-order valence-corrected chi connectivity index (χ4v) is 4.16. The highest BCUT2D eigenvalue weighted by Gasteiger charge is 2.30. The lowest BCUT2D eigenvalue weighted by Crippen LogP contribution is -2.44. The molecule has 0 spiro atoms. The summed E-state index contributed by atoms with van der Waals surface area (Å²) in [6.45, 7) is 9.50. The van der Waals surface area contributed by atoms with Gasteiger partial charge in [-0.2, -0.15) is 0 Å². The number of nitrogens with zero attached hydrogens (tertiary/aromatic N) is 3. The Morgan fingerprint density at radius 2 is 2.03 bits per heavy atom. The summed E-state index contributed by atoms with van der Waals surface area (Å²) in [7, 11) is 1.59. The van der Waals surface area contributed by atoms with Crippen molar-refractivity contribution in [1.82, 2.24) is 20.5 Å². The minimum Gasteiger partial charge on any atom is -0.497 e. The van der Waals surface area contributed by atoms with Gasteiger partial charge >= 0.3 is 0 Å². The standard InChI is InChI=1S/C26H29N5O3/c1-4-7-23(30-14-12-27-13-15-30)21(5-2)29-25(32)22-8-6-9-24(28-22)31-17-18-16-19(34-3)10-11-20(18)26(31)33/h4-11,16,27H,1,12-15,17H2,2-3H3,(H,29,32)/b21-5+,23-7+. The molecule has 1 aromatic heterocycles. The largest absolute Gasteiger partial charge is 0.497 e. The second kappa shape index (κ2) is 10.4. The second-order valence-electron chi connectivity index (χ2n) is 7.98. The first kappa shape index (κ1) is 23.3. The Hall–Kier alpha value is -3.91. The minimum atomic E-state index is -0.342. The van der Waals surface area contributed by atoms with Crippen molar-refractivity contribution in [1.29, 1.82) is 0 Å². The first-order chi connectivity index (χ1) is 16.5. The summed E-state index contributed by atoms with van der Waals surface area (Å²) in [4.78, 5) is 34.4. The molecule has 0 unspecified atom stereocenters. The zero-order valence-corrected chi connectivity index (χ0v) is 19.5. The van der Waals surface area contributed by atoms with E-state index >= 15 is 0 Å². The summed E-state index contributed by atoms with van der Waals surface area (Å²) >= 11 is 0. The highest BCUT2D eigenvalue weighted by atomic mass is 16.5. The minimum absolute atomic E-state index is 0.147. The van der Waals surface area contributed by atoms with E-state index in [-0.39, 0.29) is 17.5 Å². The molecule has 8 nitrogen and oxygen atoms in total. The van der Waals surface area contributed by atoms with Gasteiger partial charge in [-0.3, -0.25) is 14.5 Å². The van der Waals surface area contributed by atoms with Gasteiger partial charge in [0.05, 0.1) is 25.0 Å². The first-order valence-corrected chi connectivity index (χ1v) is 11.3. The molecule has 2 aromatic rings. The van der Waals surface area contributed by atoms with E-state index in [0.29, 0.717) is 29.4 Å². The lowest BCUT2D eigenvalue weighted by molar-refractivity contribution is 0.0955. The molecule has 2 aliphatic rings. The fraction of sp³-hybridized carbons (Fsp3) is 0.269. The van der Waals surface area contributed by atoms with Gasteiger partial charge in [-0.15, -0.1) is 0 Å². The van der Waals surface area contributed by atoms with Crippen LogP contribution < -0.4 is 20.3 Å². The van der Waals surface area contributed by atoms with Crippen LogP contribution in [0.25, 0.3) is 0 Å². The van der Waals surface area contributed by atoms with Crippen LogP contribution in [-0.4, -0.2) is 55.0 Å². The molecule has 2 amide bonds. The van der Waals surface area contributed by atoms with Crippen LogP contribution in [0, 0.1) is 0 Å². The van der Waals surface area contributed by atoms with Crippen LogP contribution >= 0.6 is 0 Å². The molecule has 0 bridgehead atoms. The zero-order valence-electron chi connectivity index (χ0n) is 19.5. The normalized spacial score (nSPS) is 16.4. The number of methoxy groups -OCH3 is 1. The van der Waals surface area contributed by atoms with Crippen molar-refractivity contribution in [3.05, 3.63) is 89.4 Å². The number of hydrogen-bond donors (Lipinski definition) is 2. The average molecular weight is 460 g/mol. The number of carbonyl (C=O) groups is 2. The van der Waals surface area contributed by atoms with Gasteiger partial charge in [-0.1, -0.05) is 24.8 Å². The molecule has 2 N–H and O–H groups in total. The van der Waals surface area contributed by atoms with Crippen molar-refractivity contribution in [3.8, 4) is 5.75 Å². The summed E-state index contributed by atoms with van der Waals surface area (Å²) in [5, 5.41) is 6.32. The maximum absolute atomic E-state index is 13.1. The first-order valence-electron chi connectivity index (χ1n) is 11.3. The molecule has 0 saturated carbocycles. The van der Waals surface area contributed by atoms with Crippen molar-refractivity contribution in [2.45, 2.75) is 13.5 Å². The van der Waals surface area contributed by atoms with Gasteiger partial charge in [0, 0.05) is 31.7 Å². The fourth-order valence-electron chi connectivity index (χ4n) is 4.16. The quantitative estimate of drug-likeness (QED) is 0.620. The molecule has 0 atom stereocenters. The number of pyridine rings is 1. The third-order valence-corrected chi connectivity index (χ3v) is 5.91. The number of piperazine rings is 1. The lowest BCUT2D eigenvalue weighted by Gasteiger charge is -2.32. The van der Waals surface area contributed by atoms with E-state index < -0.39 is 0 Å². The number of amides is 2. The highest BCUT2D eigenvalue weighted by molar-refractivity contribution is 6.09. The predicted octanol–water partition coefficient (Wildman–Crippen LogP) is 2.86. The van der Waals surface area contributed by atoms with E-state index in [4.69, 9.17) is 4.74 Å². The molecule has 8 heteroatoms. The van der Waals surface area contributed by atoms with Crippen molar-refractivity contribution in [2.24, 2.45) is 0 Å². The lowest BCUT2D eigenvalue weighted by atomic mass is 10.1. The number of anilines is 1. The molecule has 3 heterocycles. The van der Waals surface area contributed by atoms with Crippen LogP contribution in [-0.2, 0) is 6.54 Å². The predicted molar refractivity (Wildman–Crippen MR) is 132 cm³/mol. The van der Waals surface area contributed by atoms with Crippen molar-refractivity contribution >= 4 is 17.6 Å². The molecular weight excluding hydrogens is 430 g/mol. The molecule has 176 valence electrons. The number of carbonyl (C=O) groups excluding carboxylic acids is 2. The van der Waals surface area contributed by atoms with Gasteiger partial charge in [0.2, 0.25) is 0 Å². The van der Waals surface area contributed by atoms with E-state index in [1.54, 1.807) is 48.4 Å². The summed E-state index contributed by atoms with van der Waals surface area (Å²) in [6, 6.07) is 10.5. The van der Waals surface area contributed by atoms with Gasteiger partial charge < -0.3 is 20.3 Å². The van der Waals surface area contributed by atoms with Crippen LogP contribution in [0.2, 0.25) is 0 Å². The number of nitrogens with one attached hydrogen (secondary N) is 2. The second-order valence-corrected chi connectivity index (χ2v) is 7.98. The molecule has 4 rings (SSSR count). The smallest absolute Gasteiger partial charge is 0.274 e. The number of allylic oxidation sites excluding steroid dienone is 3. The van der Waals surface area contributed by atoms with Crippen LogP contribution in [0.1, 0.15) is 33.3 Å². The Kier molecular flexibility index (Phi) is 7.08. The van der Waals surface area contributed by atoms with Crippen LogP contribution in [0.5, 0.6) is 5.75 Å². The van der Waals surface area contributed by atoms with Crippen molar-refractivity contribution < 1.29 is 14.3 Å². The third kappa shape index (κ3) is 4.72. The van der Waals surface area contributed by atoms with Gasteiger partial charge in [0.25, 0.3) is 11.8 Å². The Morgan fingerprint density at radius 3 is 2.74 bits per heavy atom. The molecule has 0 radical (unpaired) electrons. The van der Waals surface area contributed by atoms with Gasteiger partial charge in [0.1, 0.15) is 17.3 Å². The monoisotopic (exact) mass is 459 g/mol. The SMILES string of the molecule is C=C/C=C(\C(=C/C)NC(=O)c1cccc(N2Cc3cc(OC)ccc3C2=O)n1)N1CCNCC1. The molecule has 1 saturated heterocycles. The van der Waals surface area contributed by atoms with Crippen LogP contribution in [0.3, 0.4) is 0 Å². The zero-order chi connectivity index (χ0) is 24.1. The Morgan fingerprint density at radius 1 is 1.24 bits per heavy atom. The van der Waals surface area contributed by atoms with E-state index in [9.17, 15) is 9.59 Å². The molecule has 0 aliphatic carbocycles. The Labute approximate surface area is 199 Å². The number of aromatic nitrogens is 1. The van der Waals surface area contributed by atoms with E-state index in [0.717, 1.165) is 37.4 Å². The van der Waals surface area contributed by atoms with Crippen LogP contribution in [0.4, 0.5) is 5.82 Å². The molecule has 34 heavy (non-hydrogen) atoms. The summed E-state index contributed by atoms with van der Waals surface area (Å²) in [5.74, 6) is 0.637. The molecule has 1 fully saturated rings. The van der Waals surface area contributed by atoms with Crippen molar-refractivity contribution in [2.75, 3.05) is 38.2 Å². The Bertz CT molecular complexity index is 1160. The highest BCUT2D eigenvalue weighted by Crippen LogP contribution is 2.30. The van der Waals surface area contributed by atoms with Gasteiger partial charge in [0.15, 0.2) is 0 Å². The van der Waals surface area contributed by atoms with E-state index in [1.165, 1.54) is 0 Å². The summed E-state index contributed by atoms with van der Waals surface area (Å²) in [6.07, 6.45) is 5.49. The summed E-state index contributed by atoms with van der Waals surface area (Å²) in [5.41, 5.74) is 3.31.